The molecule has 0 spiro atoms. The Labute approximate surface area is 198 Å². The van der Waals surface area contributed by atoms with Crippen LogP contribution in [0.15, 0.2) is 71.7 Å². The third-order valence-corrected chi connectivity index (χ3v) is 6.40. The number of rotatable bonds is 6. The summed E-state index contributed by atoms with van der Waals surface area (Å²) in [5, 5.41) is 4.83. The van der Waals surface area contributed by atoms with E-state index in [1.54, 1.807) is 22.4 Å². The second-order valence-electron chi connectivity index (χ2n) is 8.64. The fourth-order valence-electron chi connectivity index (χ4n) is 4.49. The first kappa shape index (κ1) is 22.0. The Balaban J connectivity index is 1.23. The van der Waals surface area contributed by atoms with Gasteiger partial charge in [-0.25, -0.2) is 9.67 Å². The van der Waals surface area contributed by atoms with Crippen LogP contribution in [0.4, 0.5) is 0 Å². The first-order valence-electron chi connectivity index (χ1n) is 11.6. The van der Waals surface area contributed by atoms with Crippen molar-refractivity contribution in [3.05, 3.63) is 88.6 Å². The molecule has 0 radical (unpaired) electrons. The summed E-state index contributed by atoms with van der Waals surface area (Å²) in [6, 6.07) is 20.0. The molecule has 1 aliphatic rings. The van der Waals surface area contributed by atoms with Crippen molar-refractivity contribution >= 4 is 16.9 Å². The molecule has 2 aromatic carbocycles. The minimum absolute atomic E-state index is 0.0748. The topological polar surface area (TPSA) is 76.3 Å². The molecule has 1 amide bonds. The lowest BCUT2D eigenvalue weighted by atomic mass is 10.2. The van der Waals surface area contributed by atoms with Crippen LogP contribution in [-0.4, -0.2) is 61.2 Å². The second kappa shape index (κ2) is 9.61. The summed E-state index contributed by atoms with van der Waals surface area (Å²) in [5.74, 6) is 0.654. The number of nitrogens with zero attached hydrogens (tertiary/aromatic N) is 6. The average molecular weight is 457 g/mol. The quantitative estimate of drug-likeness (QED) is 0.446. The fraction of sp³-hybridized carbons (Fsp3) is 0.308. The second-order valence-corrected chi connectivity index (χ2v) is 8.64. The van der Waals surface area contributed by atoms with Crippen LogP contribution in [-0.2, 0) is 17.9 Å². The van der Waals surface area contributed by atoms with Gasteiger partial charge in [-0.3, -0.25) is 19.1 Å². The molecule has 4 aromatic rings. The molecule has 0 aliphatic carbocycles. The molecule has 0 bridgehead atoms. The van der Waals surface area contributed by atoms with Gasteiger partial charge in [0.2, 0.25) is 5.91 Å². The summed E-state index contributed by atoms with van der Waals surface area (Å²) in [7, 11) is 0. The van der Waals surface area contributed by atoms with E-state index in [9.17, 15) is 9.59 Å². The molecule has 2 aromatic heterocycles. The van der Waals surface area contributed by atoms with Crippen LogP contribution >= 0.6 is 0 Å². The number of benzene rings is 2. The van der Waals surface area contributed by atoms with Crippen LogP contribution in [0.25, 0.3) is 16.7 Å². The highest BCUT2D eigenvalue weighted by molar-refractivity contribution is 5.77. The van der Waals surface area contributed by atoms with Crippen molar-refractivity contribution in [1.29, 1.82) is 0 Å². The van der Waals surface area contributed by atoms with Crippen molar-refractivity contribution in [3.8, 4) is 5.69 Å². The summed E-state index contributed by atoms with van der Waals surface area (Å²) in [5.41, 5.74) is 2.51. The molecule has 0 unspecified atom stereocenters. The van der Waals surface area contributed by atoms with Crippen LogP contribution in [0.2, 0.25) is 0 Å². The first-order chi connectivity index (χ1) is 16.6. The predicted molar refractivity (Wildman–Crippen MR) is 131 cm³/mol. The van der Waals surface area contributed by atoms with E-state index in [2.05, 4.69) is 39.2 Å². The molecule has 0 N–H and O–H groups in total. The smallest absolute Gasteiger partial charge is 0.264 e. The summed E-state index contributed by atoms with van der Waals surface area (Å²) in [4.78, 5) is 34.9. The molecular formula is C26H28N6O2. The number of fused-ring (bicyclic) bond motifs is 1. The van der Waals surface area contributed by atoms with Gasteiger partial charge in [0, 0.05) is 45.7 Å². The highest BCUT2D eigenvalue weighted by Gasteiger charge is 2.22. The zero-order valence-corrected chi connectivity index (χ0v) is 19.3. The summed E-state index contributed by atoms with van der Waals surface area (Å²) >= 11 is 0. The monoisotopic (exact) mass is 456 g/mol. The van der Waals surface area contributed by atoms with Gasteiger partial charge in [-0.1, -0.05) is 48.5 Å². The third-order valence-electron chi connectivity index (χ3n) is 6.40. The Morgan fingerprint density at radius 3 is 2.32 bits per heavy atom. The van der Waals surface area contributed by atoms with Gasteiger partial charge in [-0.15, -0.1) is 0 Å². The van der Waals surface area contributed by atoms with E-state index >= 15 is 0 Å². The Hall–Kier alpha value is -3.78. The van der Waals surface area contributed by atoms with Crippen LogP contribution in [0.1, 0.15) is 17.8 Å². The predicted octanol–water partition coefficient (Wildman–Crippen LogP) is 2.63. The SMILES string of the molecule is Cc1nc2c(cnn2-c2ccccc2)c(=O)n1CCC(=O)N1CCN(Cc2ccccc2)CC1. The Morgan fingerprint density at radius 1 is 0.941 bits per heavy atom. The maximum Gasteiger partial charge on any atom is 0.264 e. The third kappa shape index (κ3) is 4.49. The highest BCUT2D eigenvalue weighted by atomic mass is 16.2. The van der Waals surface area contributed by atoms with Crippen molar-refractivity contribution in [2.45, 2.75) is 26.4 Å². The number of aromatic nitrogens is 4. The number of hydrogen-bond donors (Lipinski definition) is 0. The highest BCUT2D eigenvalue weighted by Crippen LogP contribution is 2.15. The van der Waals surface area contributed by atoms with Gasteiger partial charge >= 0.3 is 0 Å². The summed E-state index contributed by atoms with van der Waals surface area (Å²) in [6.45, 7) is 6.14. The molecule has 0 saturated carbocycles. The van der Waals surface area contributed by atoms with Gasteiger partial charge in [0.05, 0.1) is 11.9 Å². The number of carbonyl (C=O) groups is 1. The normalized spacial score (nSPS) is 14.6. The Bertz CT molecular complexity index is 1340. The standard InChI is InChI=1S/C26H28N6O2/c1-20-28-25-23(18-27-32(25)22-10-6-3-7-11-22)26(34)31(20)13-12-24(33)30-16-14-29(15-17-30)19-21-8-4-2-5-9-21/h2-11,18H,12-17,19H2,1H3. The number of carbonyl (C=O) groups excluding carboxylic acids is 1. The van der Waals surface area contributed by atoms with E-state index in [0.29, 0.717) is 36.5 Å². The van der Waals surface area contributed by atoms with Crippen LogP contribution in [0, 0.1) is 6.92 Å². The number of hydrogen-bond acceptors (Lipinski definition) is 5. The minimum Gasteiger partial charge on any atom is -0.340 e. The van der Waals surface area contributed by atoms with Crippen LogP contribution < -0.4 is 5.56 Å². The molecule has 1 aliphatic heterocycles. The lowest BCUT2D eigenvalue weighted by Gasteiger charge is -2.35. The van der Waals surface area contributed by atoms with Crippen molar-refractivity contribution in [2.24, 2.45) is 0 Å². The Kier molecular flexibility index (Phi) is 6.22. The molecule has 3 heterocycles. The number of aryl methyl sites for hydroxylation is 1. The maximum atomic E-state index is 13.1. The van der Waals surface area contributed by atoms with Gasteiger partial charge < -0.3 is 4.90 Å². The maximum absolute atomic E-state index is 13.1. The van der Waals surface area contributed by atoms with E-state index in [4.69, 9.17) is 0 Å². The minimum atomic E-state index is -0.162. The van der Waals surface area contributed by atoms with Gasteiger partial charge in [0.1, 0.15) is 11.2 Å². The zero-order valence-electron chi connectivity index (χ0n) is 19.3. The number of amides is 1. The van der Waals surface area contributed by atoms with Crippen molar-refractivity contribution in [3.63, 3.8) is 0 Å². The van der Waals surface area contributed by atoms with Crippen molar-refractivity contribution in [1.82, 2.24) is 29.1 Å². The first-order valence-corrected chi connectivity index (χ1v) is 11.6. The van der Waals surface area contributed by atoms with Gasteiger partial charge in [-0.05, 0) is 24.6 Å². The van der Waals surface area contributed by atoms with Crippen molar-refractivity contribution in [2.75, 3.05) is 26.2 Å². The molecule has 0 atom stereocenters. The van der Waals surface area contributed by atoms with E-state index in [0.717, 1.165) is 25.3 Å². The molecule has 1 saturated heterocycles. The molecule has 8 heteroatoms. The Morgan fingerprint density at radius 2 is 1.62 bits per heavy atom. The molecule has 5 rings (SSSR count). The van der Waals surface area contributed by atoms with Gasteiger partial charge in [0.15, 0.2) is 5.65 Å². The summed E-state index contributed by atoms with van der Waals surface area (Å²) < 4.78 is 3.26. The zero-order chi connectivity index (χ0) is 23.5. The van der Waals surface area contributed by atoms with Gasteiger partial charge in [0.25, 0.3) is 5.56 Å². The van der Waals surface area contributed by atoms with Gasteiger partial charge in [-0.2, -0.15) is 5.10 Å². The summed E-state index contributed by atoms with van der Waals surface area (Å²) in [6.07, 6.45) is 1.83. The van der Waals surface area contributed by atoms with E-state index in [1.165, 1.54) is 5.56 Å². The lowest BCUT2D eigenvalue weighted by Crippen LogP contribution is -2.48. The number of piperazine rings is 1. The lowest BCUT2D eigenvalue weighted by molar-refractivity contribution is -0.133. The average Bonchev–Trinajstić information content (AvgIpc) is 3.29. The molecule has 8 nitrogen and oxygen atoms in total. The van der Waals surface area contributed by atoms with E-state index in [1.807, 2.05) is 41.3 Å². The van der Waals surface area contributed by atoms with Crippen LogP contribution in [0.5, 0.6) is 0 Å². The molecular weight excluding hydrogens is 428 g/mol. The van der Waals surface area contributed by atoms with E-state index < -0.39 is 0 Å². The molecule has 1 fully saturated rings. The largest absolute Gasteiger partial charge is 0.340 e. The number of para-hydroxylation sites is 1. The molecule has 34 heavy (non-hydrogen) atoms. The fourth-order valence-corrected chi connectivity index (χ4v) is 4.49. The molecule has 174 valence electrons. The van der Waals surface area contributed by atoms with Crippen LogP contribution in [0.3, 0.4) is 0 Å². The van der Waals surface area contributed by atoms with Crippen molar-refractivity contribution < 1.29 is 4.79 Å². The van der Waals surface area contributed by atoms with E-state index in [-0.39, 0.29) is 17.9 Å².